The molecule has 6 nitrogen and oxygen atoms in total. The van der Waals surface area contributed by atoms with Gasteiger partial charge in [-0.15, -0.1) is 0 Å². The van der Waals surface area contributed by atoms with Crippen LogP contribution in [0.2, 0.25) is 0 Å². The van der Waals surface area contributed by atoms with Crippen molar-refractivity contribution in [2.75, 3.05) is 46.4 Å². The van der Waals surface area contributed by atoms with Crippen LogP contribution in [0.1, 0.15) is 5.56 Å². The van der Waals surface area contributed by atoms with Crippen molar-refractivity contribution < 1.29 is 13.2 Å². The van der Waals surface area contributed by atoms with Crippen molar-refractivity contribution in [1.82, 2.24) is 13.8 Å². The van der Waals surface area contributed by atoms with E-state index in [9.17, 15) is 8.42 Å². The predicted molar refractivity (Wildman–Crippen MR) is 115 cm³/mol. The first-order valence-electron chi connectivity index (χ1n) is 9.93. The molecule has 3 aromatic rings. The number of aromatic nitrogens is 1. The summed E-state index contributed by atoms with van der Waals surface area (Å²) in [6, 6.07) is 16.4. The molecule has 2 aromatic carbocycles. The van der Waals surface area contributed by atoms with Gasteiger partial charge >= 0.3 is 0 Å². The fourth-order valence-electron chi connectivity index (χ4n) is 3.89. The van der Waals surface area contributed by atoms with Crippen LogP contribution in [0.15, 0.2) is 65.7 Å². The number of hydrogen-bond donors (Lipinski definition) is 0. The molecule has 1 aliphatic rings. The minimum atomic E-state index is -3.60. The lowest BCUT2D eigenvalue weighted by molar-refractivity contribution is 0.0940. The molecule has 0 aliphatic carbocycles. The maximum Gasteiger partial charge on any atom is 0.268 e. The molecule has 0 amide bonds. The Labute approximate surface area is 172 Å². The van der Waals surface area contributed by atoms with Gasteiger partial charge < -0.3 is 4.74 Å². The van der Waals surface area contributed by atoms with Crippen LogP contribution in [-0.4, -0.2) is 68.6 Å². The highest BCUT2D eigenvalue weighted by Crippen LogP contribution is 2.26. The second-order valence-corrected chi connectivity index (χ2v) is 9.21. The highest BCUT2D eigenvalue weighted by Gasteiger charge is 2.21. The fraction of sp³-hybridized carbons (Fsp3) is 0.364. The van der Waals surface area contributed by atoms with Crippen LogP contribution < -0.4 is 0 Å². The number of benzene rings is 2. The average molecular weight is 414 g/mol. The Balaban J connectivity index is 1.54. The summed E-state index contributed by atoms with van der Waals surface area (Å²) in [4.78, 5) is 5.15. The number of ether oxygens (including phenoxy) is 1. The van der Waals surface area contributed by atoms with Gasteiger partial charge in [-0.25, -0.2) is 12.4 Å². The Hall–Kier alpha value is -2.19. The van der Waals surface area contributed by atoms with E-state index in [1.54, 1.807) is 37.6 Å². The summed E-state index contributed by atoms with van der Waals surface area (Å²) in [5.74, 6) is 0. The molecular formula is C22H27N3O3S. The fourth-order valence-corrected chi connectivity index (χ4v) is 5.26. The van der Waals surface area contributed by atoms with E-state index in [-0.39, 0.29) is 0 Å². The molecule has 1 fully saturated rings. The van der Waals surface area contributed by atoms with Gasteiger partial charge in [-0.3, -0.25) is 9.80 Å². The SMILES string of the molecule is COCCN1CCN(Cc2cccc3c2ccn3S(=O)(=O)c2ccccc2)CC1. The zero-order valence-electron chi connectivity index (χ0n) is 16.7. The molecular weight excluding hydrogens is 386 g/mol. The van der Waals surface area contributed by atoms with E-state index in [4.69, 9.17) is 4.74 Å². The monoisotopic (exact) mass is 413 g/mol. The van der Waals surface area contributed by atoms with Crippen molar-refractivity contribution in [3.63, 3.8) is 0 Å². The minimum Gasteiger partial charge on any atom is -0.383 e. The Kier molecular flexibility index (Phi) is 6.01. The van der Waals surface area contributed by atoms with Crippen LogP contribution in [0.25, 0.3) is 10.9 Å². The van der Waals surface area contributed by atoms with Gasteiger partial charge in [-0.05, 0) is 29.8 Å². The molecule has 29 heavy (non-hydrogen) atoms. The second kappa shape index (κ2) is 8.67. The molecule has 1 aromatic heterocycles. The van der Waals surface area contributed by atoms with Gasteiger partial charge in [0.15, 0.2) is 0 Å². The first kappa shape index (κ1) is 20.1. The lowest BCUT2D eigenvalue weighted by Crippen LogP contribution is -2.46. The molecule has 1 aliphatic heterocycles. The smallest absolute Gasteiger partial charge is 0.268 e. The van der Waals surface area contributed by atoms with E-state index in [2.05, 4.69) is 15.9 Å². The zero-order chi connectivity index (χ0) is 20.3. The zero-order valence-corrected chi connectivity index (χ0v) is 17.5. The van der Waals surface area contributed by atoms with Crippen molar-refractivity contribution in [2.24, 2.45) is 0 Å². The van der Waals surface area contributed by atoms with Crippen LogP contribution in [0, 0.1) is 0 Å². The third-order valence-electron chi connectivity index (χ3n) is 5.56. The van der Waals surface area contributed by atoms with Crippen LogP contribution in [-0.2, 0) is 21.3 Å². The molecule has 154 valence electrons. The number of hydrogen-bond acceptors (Lipinski definition) is 5. The molecule has 4 rings (SSSR count). The van der Waals surface area contributed by atoms with Gasteiger partial charge in [0.2, 0.25) is 0 Å². The van der Waals surface area contributed by atoms with E-state index in [0.717, 1.165) is 62.3 Å². The number of nitrogens with zero attached hydrogens (tertiary/aromatic N) is 3. The van der Waals surface area contributed by atoms with Crippen molar-refractivity contribution in [1.29, 1.82) is 0 Å². The van der Waals surface area contributed by atoms with E-state index >= 15 is 0 Å². The summed E-state index contributed by atoms with van der Waals surface area (Å²) >= 11 is 0. The Morgan fingerprint density at radius 2 is 1.62 bits per heavy atom. The Morgan fingerprint density at radius 1 is 0.897 bits per heavy atom. The van der Waals surface area contributed by atoms with Crippen molar-refractivity contribution in [3.8, 4) is 0 Å². The maximum atomic E-state index is 13.1. The molecule has 0 N–H and O–H groups in total. The highest BCUT2D eigenvalue weighted by molar-refractivity contribution is 7.90. The summed E-state index contributed by atoms with van der Waals surface area (Å²) < 4.78 is 32.7. The van der Waals surface area contributed by atoms with Crippen LogP contribution in [0.4, 0.5) is 0 Å². The average Bonchev–Trinajstić information content (AvgIpc) is 3.20. The molecule has 0 unspecified atom stereocenters. The minimum absolute atomic E-state index is 0.301. The molecule has 0 atom stereocenters. The summed E-state index contributed by atoms with van der Waals surface area (Å²) in [5, 5.41) is 0.994. The third-order valence-corrected chi connectivity index (χ3v) is 7.26. The summed E-state index contributed by atoms with van der Waals surface area (Å²) in [7, 11) is -1.87. The molecule has 0 radical (unpaired) electrons. The topological polar surface area (TPSA) is 54.8 Å². The second-order valence-electron chi connectivity index (χ2n) is 7.39. The van der Waals surface area contributed by atoms with Crippen LogP contribution >= 0.6 is 0 Å². The van der Waals surface area contributed by atoms with Gasteiger partial charge in [0.05, 0.1) is 17.0 Å². The van der Waals surface area contributed by atoms with Crippen LogP contribution in [0.3, 0.4) is 0 Å². The van der Waals surface area contributed by atoms with Gasteiger partial charge in [0, 0.05) is 58.0 Å². The maximum absolute atomic E-state index is 13.1. The number of piperazine rings is 1. The predicted octanol–water partition coefficient (Wildman–Crippen LogP) is 2.64. The first-order chi connectivity index (χ1) is 14.1. The highest BCUT2D eigenvalue weighted by atomic mass is 32.2. The van der Waals surface area contributed by atoms with Gasteiger partial charge in [0.25, 0.3) is 10.0 Å². The summed E-state index contributed by atoms with van der Waals surface area (Å²) in [5.41, 5.74) is 1.89. The van der Waals surface area contributed by atoms with E-state index < -0.39 is 10.0 Å². The summed E-state index contributed by atoms with van der Waals surface area (Å²) in [6.45, 7) is 6.63. The third kappa shape index (κ3) is 4.23. The number of rotatable bonds is 7. The van der Waals surface area contributed by atoms with Crippen molar-refractivity contribution >= 4 is 20.9 Å². The Morgan fingerprint density at radius 3 is 2.34 bits per heavy atom. The van der Waals surface area contributed by atoms with Crippen molar-refractivity contribution in [3.05, 3.63) is 66.4 Å². The van der Waals surface area contributed by atoms with Crippen molar-refractivity contribution in [2.45, 2.75) is 11.4 Å². The normalized spacial score (nSPS) is 16.4. The quantitative estimate of drug-likeness (QED) is 0.596. The first-order valence-corrected chi connectivity index (χ1v) is 11.4. The lowest BCUT2D eigenvalue weighted by atomic mass is 10.1. The molecule has 0 bridgehead atoms. The van der Waals surface area contributed by atoms with Gasteiger partial charge in [-0.2, -0.15) is 0 Å². The largest absolute Gasteiger partial charge is 0.383 e. The summed E-state index contributed by atoms with van der Waals surface area (Å²) in [6.07, 6.45) is 1.67. The Bertz CT molecular complexity index is 1060. The molecule has 0 spiro atoms. The van der Waals surface area contributed by atoms with Crippen LogP contribution in [0.5, 0.6) is 0 Å². The standard InChI is InChI=1S/C22H27N3O3S/c1-28-17-16-23-12-14-24(15-13-23)18-19-6-5-9-22-21(19)10-11-25(22)29(26,27)20-7-3-2-4-8-20/h2-11H,12-18H2,1H3. The number of methoxy groups -OCH3 is 1. The van der Waals surface area contributed by atoms with E-state index in [1.165, 1.54) is 3.97 Å². The van der Waals surface area contributed by atoms with Gasteiger partial charge in [0.1, 0.15) is 0 Å². The molecule has 0 saturated carbocycles. The van der Waals surface area contributed by atoms with E-state index in [0.29, 0.717) is 4.90 Å². The molecule has 7 heteroatoms. The number of fused-ring (bicyclic) bond motifs is 1. The van der Waals surface area contributed by atoms with E-state index in [1.807, 2.05) is 24.3 Å². The lowest BCUT2D eigenvalue weighted by Gasteiger charge is -2.34. The van der Waals surface area contributed by atoms with Gasteiger partial charge in [-0.1, -0.05) is 30.3 Å². The molecule has 1 saturated heterocycles. The molecule has 2 heterocycles.